The van der Waals surface area contributed by atoms with Crippen LogP contribution in [0.4, 0.5) is 10.6 Å². The number of hydrogen-bond donors (Lipinski definition) is 1. The molecule has 0 radical (unpaired) electrons. The number of carbonyl (C=O) groups is 1. The molecule has 1 N–H and O–H groups in total. The molecule has 2 amide bonds. The molecule has 0 unspecified atom stereocenters. The monoisotopic (exact) mass is 314 g/mol. The number of nitrogens with one attached hydrogen (secondary N) is 1. The van der Waals surface area contributed by atoms with Gasteiger partial charge in [0.25, 0.3) is 0 Å². The molecular formula is C17H22N4O2. The number of carbonyl (C=O) groups excluding carboxylic acids is 1. The van der Waals surface area contributed by atoms with Gasteiger partial charge in [-0.25, -0.2) is 4.79 Å². The summed E-state index contributed by atoms with van der Waals surface area (Å²) in [5, 5.41) is 6.58. The summed E-state index contributed by atoms with van der Waals surface area (Å²) < 4.78 is 4.78. The Morgan fingerprint density at radius 3 is 2.70 bits per heavy atom. The third-order valence-corrected chi connectivity index (χ3v) is 4.26. The van der Waals surface area contributed by atoms with E-state index in [1.54, 1.807) is 6.07 Å². The van der Waals surface area contributed by atoms with Crippen molar-refractivity contribution in [2.45, 2.75) is 25.4 Å². The Kier molecular flexibility index (Phi) is 4.92. The molecule has 23 heavy (non-hydrogen) atoms. The molecule has 1 fully saturated rings. The fraction of sp³-hybridized carbons (Fsp3) is 0.412. The number of anilines is 1. The lowest BCUT2D eigenvalue weighted by molar-refractivity contribution is 0.135. The number of amides is 2. The highest BCUT2D eigenvalue weighted by molar-refractivity contribution is 5.88. The topological polar surface area (TPSA) is 61.6 Å². The summed E-state index contributed by atoms with van der Waals surface area (Å²) in [7, 11) is 2.12. The van der Waals surface area contributed by atoms with Gasteiger partial charge in [-0.3, -0.25) is 5.32 Å². The van der Waals surface area contributed by atoms with Gasteiger partial charge in [0, 0.05) is 18.7 Å². The van der Waals surface area contributed by atoms with Gasteiger partial charge in [-0.2, -0.15) is 0 Å². The lowest BCUT2D eigenvalue weighted by atomic mass is 10.0. The van der Waals surface area contributed by atoms with Crippen LogP contribution >= 0.6 is 0 Å². The van der Waals surface area contributed by atoms with E-state index in [0.717, 1.165) is 31.5 Å². The minimum atomic E-state index is -0.127. The molecule has 0 atom stereocenters. The van der Waals surface area contributed by atoms with Crippen LogP contribution in [0.15, 0.2) is 47.2 Å². The van der Waals surface area contributed by atoms with Crippen molar-refractivity contribution in [3.05, 3.63) is 48.2 Å². The molecule has 6 nitrogen and oxygen atoms in total. The lowest BCUT2D eigenvalue weighted by Crippen LogP contribution is -2.47. The molecule has 0 aliphatic carbocycles. The largest absolute Gasteiger partial charge is 0.363 e. The van der Waals surface area contributed by atoms with E-state index in [9.17, 15) is 4.79 Å². The Balaban J connectivity index is 1.73. The first-order valence-electron chi connectivity index (χ1n) is 7.93. The van der Waals surface area contributed by atoms with E-state index >= 15 is 0 Å². The zero-order chi connectivity index (χ0) is 16.1. The maximum absolute atomic E-state index is 12.7. The second-order valence-corrected chi connectivity index (χ2v) is 5.96. The summed E-state index contributed by atoms with van der Waals surface area (Å²) in [4.78, 5) is 16.9. The fourth-order valence-electron chi connectivity index (χ4n) is 2.91. The summed E-state index contributed by atoms with van der Waals surface area (Å²) >= 11 is 0. The molecular weight excluding hydrogens is 292 g/mol. The van der Waals surface area contributed by atoms with Crippen molar-refractivity contribution in [2.75, 3.05) is 25.5 Å². The van der Waals surface area contributed by atoms with E-state index in [0.29, 0.717) is 12.4 Å². The zero-order valence-corrected chi connectivity index (χ0v) is 13.3. The zero-order valence-electron chi connectivity index (χ0n) is 13.3. The van der Waals surface area contributed by atoms with E-state index < -0.39 is 0 Å². The first kappa shape index (κ1) is 15.6. The molecule has 3 rings (SSSR count). The number of nitrogens with zero attached hydrogens (tertiary/aromatic N) is 3. The third-order valence-electron chi connectivity index (χ3n) is 4.26. The van der Waals surface area contributed by atoms with Gasteiger partial charge in [0.05, 0.1) is 0 Å². The first-order chi connectivity index (χ1) is 11.2. The molecule has 0 bridgehead atoms. The van der Waals surface area contributed by atoms with Crippen LogP contribution in [0.3, 0.4) is 0 Å². The van der Waals surface area contributed by atoms with Crippen molar-refractivity contribution in [1.29, 1.82) is 0 Å². The molecule has 2 aromatic rings. The van der Waals surface area contributed by atoms with Crippen molar-refractivity contribution < 1.29 is 9.32 Å². The number of piperidine rings is 1. The number of rotatable bonds is 4. The molecule has 1 aliphatic rings. The van der Waals surface area contributed by atoms with Crippen LogP contribution in [0.2, 0.25) is 0 Å². The molecule has 2 heterocycles. The van der Waals surface area contributed by atoms with Gasteiger partial charge in [0.2, 0.25) is 0 Å². The van der Waals surface area contributed by atoms with Gasteiger partial charge < -0.3 is 14.3 Å². The minimum absolute atomic E-state index is 0.127. The smallest absolute Gasteiger partial charge is 0.323 e. The number of urea groups is 1. The summed E-state index contributed by atoms with van der Waals surface area (Å²) in [6, 6.07) is 11.8. The number of aromatic nitrogens is 1. The molecule has 6 heteroatoms. The predicted octanol–water partition coefficient (Wildman–Crippen LogP) is 2.80. The summed E-state index contributed by atoms with van der Waals surface area (Å²) in [5.41, 5.74) is 1.13. The van der Waals surface area contributed by atoms with Crippen molar-refractivity contribution in [1.82, 2.24) is 15.0 Å². The summed E-state index contributed by atoms with van der Waals surface area (Å²) in [5.74, 6) is 0.445. The highest BCUT2D eigenvalue weighted by atomic mass is 16.5. The SMILES string of the molecule is CN1CCC(N(Cc2ccccc2)C(=O)Nc2ccon2)CC1. The number of hydrogen-bond acceptors (Lipinski definition) is 4. The maximum Gasteiger partial charge on any atom is 0.323 e. The number of benzene rings is 1. The predicted molar refractivity (Wildman–Crippen MR) is 88.0 cm³/mol. The van der Waals surface area contributed by atoms with E-state index in [-0.39, 0.29) is 12.1 Å². The maximum atomic E-state index is 12.7. The average molecular weight is 314 g/mol. The molecule has 0 saturated carbocycles. The highest BCUT2D eigenvalue weighted by Gasteiger charge is 2.27. The van der Waals surface area contributed by atoms with Gasteiger partial charge in [-0.1, -0.05) is 35.5 Å². The fourth-order valence-corrected chi connectivity index (χ4v) is 2.91. The molecule has 1 aliphatic heterocycles. The van der Waals surface area contributed by atoms with Crippen molar-refractivity contribution in [3.8, 4) is 0 Å². The van der Waals surface area contributed by atoms with Crippen LogP contribution in [0.5, 0.6) is 0 Å². The van der Waals surface area contributed by atoms with Crippen molar-refractivity contribution in [3.63, 3.8) is 0 Å². The first-order valence-corrected chi connectivity index (χ1v) is 7.93. The Morgan fingerprint density at radius 1 is 1.30 bits per heavy atom. The van der Waals surface area contributed by atoms with Crippen LogP contribution in [0.25, 0.3) is 0 Å². The average Bonchev–Trinajstić information content (AvgIpc) is 3.07. The standard InChI is InChI=1S/C17H22N4O2/c1-20-10-7-15(8-11-20)21(13-14-5-3-2-4-6-14)17(22)18-16-9-12-23-19-16/h2-6,9,12,15H,7-8,10-11,13H2,1H3,(H,18,19,22). The van der Waals surface area contributed by atoms with Gasteiger partial charge in [0.15, 0.2) is 5.82 Å². The third kappa shape index (κ3) is 4.10. The Hall–Kier alpha value is -2.34. The minimum Gasteiger partial charge on any atom is -0.363 e. The van der Waals surface area contributed by atoms with Crippen LogP contribution in [0.1, 0.15) is 18.4 Å². The van der Waals surface area contributed by atoms with Crippen molar-refractivity contribution >= 4 is 11.8 Å². The van der Waals surface area contributed by atoms with Crippen LogP contribution in [-0.4, -0.2) is 47.2 Å². The van der Waals surface area contributed by atoms with Gasteiger partial charge in [-0.15, -0.1) is 0 Å². The Bertz CT molecular complexity index is 607. The van der Waals surface area contributed by atoms with Gasteiger partial charge >= 0.3 is 6.03 Å². The van der Waals surface area contributed by atoms with E-state index in [4.69, 9.17) is 4.52 Å². The number of likely N-dealkylation sites (tertiary alicyclic amines) is 1. The lowest BCUT2D eigenvalue weighted by Gasteiger charge is -2.37. The normalized spacial score (nSPS) is 16.2. The Labute approximate surface area is 136 Å². The summed E-state index contributed by atoms with van der Waals surface area (Å²) in [6.07, 6.45) is 3.41. The van der Waals surface area contributed by atoms with Gasteiger partial charge in [-0.05, 0) is 38.5 Å². The Morgan fingerprint density at radius 2 is 2.04 bits per heavy atom. The van der Waals surface area contributed by atoms with Crippen LogP contribution in [-0.2, 0) is 6.54 Å². The van der Waals surface area contributed by atoms with E-state index in [2.05, 4.69) is 22.4 Å². The molecule has 1 aromatic heterocycles. The molecule has 1 saturated heterocycles. The van der Waals surface area contributed by atoms with Crippen molar-refractivity contribution in [2.24, 2.45) is 0 Å². The second kappa shape index (κ2) is 7.28. The van der Waals surface area contributed by atoms with Crippen LogP contribution < -0.4 is 5.32 Å². The van der Waals surface area contributed by atoms with E-state index in [1.807, 2.05) is 35.2 Å². The van der Waals surface area contributed by atoms with Gasteiger partial charge in [0.1, 0.15) is 6.26 Å². The quantitative estimate of drug-likeness (QED) is 0.942. The molecule has 122 valence electrons. The van der Waals surface area contributed by atoms with Crippen LogP contribution in [0, 0.1) is 0 Å². The highest BCUT2D eigenvalue weighted by Crippen LogP contribution is 2.19. The summed E-state index contributed by atoms with van der Waals surface area (Å²) in [6.45, 7) is 2.61. The molecule has 1 aromatic carbocycles. The second-order valence-electron chi connectivity index (χ2n) is 5.96. The van der Waals surface area contributed by atoms with E-state index in [1.165, 1.54) is 6.26 Å². The molecule has 0 spiro atoms.